The van der Waals surface area contributed by atoms with Gasteiger partial charge in [-0.3, -0.25) is 14.8 Å². The highest BCUT2D eigenvalue weighted by Gasteiger charge is 2.43. The summed E-state index contributed by atoms with van der Waals surface area (Å²) >= 11 is 0. The predicted octanol–water partition coefficient (Wildman–Crippen LogP) is -1.43. The van der Waals surface area contributed by atoms with Crippen LogP contribution < -0.4 is 11.2 Å². The summed E-state index contributed by atoms with van der Waals surface area (Å²) in [6.07, 6.45) is -5.14. The fraction of sp³-hybridized carbons (Fsp3) is 0.450. The fourth-order valence-corrected chi connectivity index (χ4v) is 3.31. The Morgan fingerprint density at radius 3 is 2.39 bits per heavy atom. The first-order chi connectivity index (χ1) is 14.6. The maximum Gasteiger partial charge on any atom is 0.335 e. The SMILES string of the molecule is CC(C)c1ccc(-n2c(O)c(C=N[C@@H]3[C@H](O)[C@H](O)[C@H](CO)O[C@@H]3O)c(=O)[nH]c2=O)cc1. The standard InChI is InChI=1S/C20H25N3O8/c1-9(2)10-3-5-11(6-4-10)23-18(28)12(17(27)22-20(23)30)7-21-14-16(26)15(25)13(8-24)31-19(14)29/h3-7,9,13-16,19,24-26,28-29H,8H2,1-2H3,(H,22,27,30)/t13-,14+,15+,16-,19-/m0/s1. The van der Waals surface area contributed by atoms with E-state index in [-0.39, 0.29) is 5.92 Å². The normalized spacial score (nSPS) is 26.6. The van der Waals surface area contributed by atoms with E-state index in [1.807, 2.05) is 13.8 Å². The molecule has 11 nitrogen and oxygen atoms in total. The molecule has 11 heteroatoms. The van der Waals surface area contributed by atoms with E-state index in [4.69, 9.17) is 9.84 Å². The van der Waals surface area contributed by atoms with Crippen LogP contribution in [0.15, 0.2) is 38.8 Å². The van der Waals surface area contributed by atoms with Crippen LogP contribution in [0.2, 0.25) is 0 Å². The van der Waals surface area contributed by atoms with E-state index in [9.17, 15) is 30.0 Å². The number of benzene rings is 1. The number of aliphatic hydroxyl groups excluding tert-OH is 4. The van der Waals surface area contributed by atoms with Gasteiger partial charge in [0.05, 0.1) is 12.3 Å². The second-order valence-electron chi connectivity index (χ2n) is 7.58. The predicted molar refractivity (Wildman–Crippen MR) is 110 cm³/mol. The molecule has 5 atom stereocenters. The minimum atomic E-state index is -1.68. The van der Waals surface area contributed by atoms with Crippen LogP contribution in [-0.2, 0) is 4.74 Å². The zero-order chi connectivity index (χ0) is 22.9. The van der Waals surface area contributed by atoms with Crippen LogP contribution in [0.1, 0.15) is 30.9 Å². The van der Waals surface area contributed by atoms with Gasteiger partial charge in [-0.05, 0) is 23.6 Å². The molecule has 6 N–H and O–H groups in total. The Labute approximate surface area is 176 Å². The molecule has 1 fully saturated rings. The topological polar surface area (TPSA) is 178 Å². The first-order valence-electron chi connectivity index (χ1n) is 9.68. The Morgan fingerprint density at radius 1 is 1.16 bits per heavy atom. The molecule has 0 saturated carbocycles. The lowest BCUT2D eigenvalue weighted by atomic mass is 9.97. The summed E-state index contributed by atoms with van der Waals surface area (Å²) in [4.78, 5) is 30.5. The number of aliphatic imine (C=N–C) groups is 1. The molecule has 0 bridgehead atoms. The van der Waals surface area contributed by atoms with Crippen LogP contribution in [0.4, 0.5) is 0 Å². The second kappa shape index (κ2) is 9.12. The quantitative estimate of drug-likeness (QED) is 0.310. The molecule has 0 amide bonds. The van der Waals surface area contributed by atoms with Crippen LogP contribution in [-0.4, -0.2) is 78.5 Å². The molecule has 1 aliphatic rings. The van der Waals surface area contributed by atoms with Crippen molar-refractivity contribution in [2.75, 3.05) is 6.61 Å². The Kier molecular flexibility index (Phi) is 6.72. The van der Waals surface area contributed by atoms with Gasteiger partial charge < -0.3 is 30.3 Å². The summed E-state index contributed by atoms with van der Waals surface area (Å²) in [6.45, 7) is 3.38. The molecular formula is C20H25N3O8. The molecule has 3 rings (SSSR count). The van der Waals surface area contributed by atoms with Crippen LogP contribution in [0.3, 0.4) is 0 Å². The lowest BCUT2D eigenvalue weighted by molar-refractivity contribution is -0.248. The Bertz CT molecular complexity index is 1060. The average Bonchev–Trinajstić information content (AvgIpc) is 2.72. The molecule has 0 radical (unpaired) electrons. The van der Waals surface area contributed by atoms with E-state index in [1.54, 1.807) is 24.3 Å². The number of nitrogens with one attached hydrogen (secondary N) is 1. The number of ether oxygens (including phenoxy) is 1. The number of aromatic nitrogens is 2. The van der Waals surface area contributed by atoms with E-state index in [1.165, 1.54) is 0 Å². The second-order valence-corrected chi connectivity index (χ2v) is 7.58. The number of hydrogen-bond donors (Lipinski definition) is 6. The highest BCUT2D eigenvalue weighted by atomic mass is 16.6. The van der Waals surface area contributed by atoms with E-state index in [2.05, 4.69) is 9.98 Å². The molecule has 168 valence electrons. The molecule has 0 unspecified atom stereocenters. The van der Waals surface area contributed by atoms with Crippen molar-refractivity contribution in [3.8, 4) is 11.6 Å². The summed E-state index contributed by atoms with van der Waals surface area (Å²) in [5.41, 5.74) is -0.872. The van der Waals surface area contributed by atoms with Gasteiger partial charge in [0.15, 0.2) is 6.29 Å². The number of nitrogens with zero attached hydrogens (tertiary/aromatic N) is 2. The molecule has 1 aliphatic heterocycles. The van der Waals surface area contributed by atoms with Crippen molar-refractivity contribution in [3.63, 3.8) is 0 Å². The summed E-state index contributed by atoms with van der Waals surface area (Å²) in [5.74, 6) is -0.432. The van der Waals surface area contributed by atoms with Gasteiger partial charge in [0, 0.05) is 6.21 Å². The fourth-order valence-electron chi connectivity index (χ4n) is 3.31. The van der Waals surface area contributed by atoms with Crippen LogP contribution in [0, 0.1) is 0 Å². The van der Waals surface area contributed by atoms with E-state index in [0.717, 1.165) is 16.3 Å². The number of aromatic hydroxyl groups is 1. The van der Waals surface area contributed by atoms with Crippen molar-refractivity contribution in [2.45, 2.75) is 50.4 Å². The van der Waals surface area contributed by atoms with Gasteiger partial charge in [-0.1, -0.05) is 26.0 Å². The van der Waals surface area contributed by atoms with Gasteiger partial charge in [0.2, 0.25) is 5.88 Å². The Morgan fingerprint density at radius 2 is 1.81 bits per heavy atom. The highest BCUT2D eigenvalue weighted by molar-refractivity contribution is 5.82. The average molecular weight is 435 g/mol. The molecule has 1 aromatic heterocycles. The Hall–Kier alpha value is -2.83. The van der Waals surface area contributed by atoms with Gasteiger partial charge in [0.25, 0.3) is 5.56 Å². The number of hydrogen-bond acceptors (Lipinski definition) is 9. The molecule has 1 saturated heterocycles. The lowest BCUT2D eigenvalue weighted by Crippen LogP contribution is -2.57. The zero-order valence-corrected chi connectivity index (χ0v) is 16.9. The molecule has 2 aromatic rings. The molecule has 2 heterocycles. The molecule has 0 spiro atoms. The molecular weight excluding hydrogens is 410 g/mol. The van der Waals surface area contributed by atoms with Crippen molar-refractivity contribution < 1.29 is 30.3 Å². The minimum Gasteiger partial charge on any atom is -0.493 e. The van der Waals surface area contributed by atoms with Crippen molar-refractivity contribution in [3.05, 3.63) is 56.2 Å². The molecule has 0 aliphatic carbocycles. The highest BCUT2D eigenvalue weighted by Crippen LogP contribution is 2.23. The third-order valence-electron chi connectivity index (χ3n) is 5.18. The number of aromatic amines is 1. The van der Waals surface area contributed by atoms with E-state index in [0.29, 0.717) is 5.69 Å². The molecule has 31 heavy (non-hydrogen) atoms. The van der Waals surface area contributed by atoms with Gasteiger partial charge in [-0.25, -0.2) is 9.36 Å². The first-order valence-corrected chi connectivity index (χ1v) is 9.68. The van der Waals surface area contributed by atoms with E-state index < -0.39 is 59.9 Å². The minimum absolute atomic E-state index is 0.258. The van der Waals surface area contributed by atoms with Gasteiger partial charge >= 0.3 is 5.69 Å². The molecule has 1 aromatic carbocycles. The summed E-state index contributed by atoms with van der Waals surface area (Å²) in [5, 5.41) is 49.8. The lowest BCUT2D eigenvalue weighted by Gasteiger charge is -2.38. The first kappa shape index (κ1) is 22.8. The van der Waals surface area contributed by atoms with Crippen molar-refractivity contribution in [1.29, 1.82) is 0 Å². The smallest absolute Gasteiger partial charge is 0.335 e. The van der Waals surface area contributed by atoms with Gasteiger partial charge in [-0.2, -0.15) is 0 Å². The number of H-pyrrole nitrogens is 1. The number of rotatable bonds is 5. The largest absolute Gasteiger partial charge is 0.493 e. The van der Waals surface area contributed by atoms with Crippen LogP contribution in [0.5, 0.6) is 5.88 Å². The number of aliphatic hydroxyl groups is 4. The third-order valence-corrected chi connectivity index (χ3v) is 5.18. The van der Waals surface area contributed by atoms with E-state index >= 15 is 0 Å². The Balaban J connectivity index is 1.98. The van der Waals surface area contributed by atoms with Crippen LogP contribution >= 0.6 is 0 Å². The maximum absolute atomic E-state index is 12.3. The van der Waals surface area contributed by atoms with Gasteiger partial charge in [-0.15, -0.1) is 0 Å². The van der Waals surface area contributed by atoms with Crippen molar-refractivity contribution in [2.24, 2.45) is 4.99 Å². The van der Waals surface area contributed by atoms with Gasteiger partial charge in [0.1, 0.15) is 29.9 Å². The summed E-state index contributed by atoms with van der Waals surface area (Å²) < 4.78 is 5.88. The third kappa shape index (κ3) is 4.45. The summed E-state index contributed by atoms with van der Waals surface area (Å²) in [7, 11) is 0. The van der Waals surface area contributed by atoms with Crippen LogP contribution in [0.25, 0.3) is 5.69 Å². The maximum atomic E-state index is 12.3. The summed E-state index contributed by atoms with van der Waals surface area (Å²) in [6, 6.07) is 5.40. The zero-order valence-electron chi connectivity index (χ0n) is 16.9. The monoisotopic (exact) mass is 435 g/mol. The van der Waals surface area contributed by atoms with Crippen molar-refractivity contribution in [1.82, 2.24) is 9.55 Å². The van der Waals surface area contributed by atoms with Crippen molar-refractivity contribution >= 4 is 6.21 Å².